The third-order valence-corrected chi connectivity index (χ3v) is 1.72. The minimum atomic E-state index is -0.363. The summed E-state index contributed by atoms with van der Waals surface area (Å²) in [6.45, 7) is 3.87. The molecule has 0 atom stereocenters. The van der Waals surface area contributed by atoms with Gasteiger partial charge in [0, 0.05) is 11.4 Å². The van der Waals surface area contributed by atoms with Gasteiger partial charge in [-0.3, -0.25) is 4.79 Å². The Bertz CT molecular complexity index is 276. The van der Waals surface area contributed by atoms with Crippen molar-refractivity contribution in [2.24, 2.45) is 5.73 Å². The Hall–Kier alpha value is -1.25. The van der Waals surface area contributed by atoms with Gasteiger partial charge in [-0.2, -0.15) is 0 Å². The van der Waals surface area contributed by atoms with E-state index in [0.29, 0.717) is 5.56 Å². The summed E-state index contributed by atoms with van der Waals surface area (Å²) in [5.41, 5.74) is 7.63. The van der Waals surface area contributed by atoms with Crippen molar-refractivity contribution in [2.45, 2.75) is 20.3 Å². The van der Waals surface area contributed by atoms with Crippen LogP contribution in [0.4, 0.5) is 0 Å². The Morgan fingerprint density at radius 3 is 2.64 bits per heavy atom. The van der Waals surface area contributed by atoms with Crippen LogP contribution >= 0.6 is 0 Å². The summed E-state index contributed by atoms with van der Waals surface area (Å²) in [6.07, 6.45) is 0.897. The maximum absolute atomic E-state index is 10.8. The molecule has 0 saturated heterocycles. The van der Waals surface area contributed by atoms with Crippen LogP contribution < -0.4 is 5.73 Å². The number of aromatic nitrogens is 1. The molecule has 60 valence electrons. The Morgan fingerprint density at radius 1 is 1.73 bits per heavy atom. The first-order chi connectivity index (χ1) is 5.15. The van der Waals surface area contributed by atoms with Crippen molar-refractivity contribution in [1.82, 2.24) is 4.98 Å². The smallest absolute Gasteiger partial charge is 0.250 e. The SMILES string of the molecule is CCc1cc(C(N)=O)c(C)[nH]1. The molecular formula is C8H12N2O. The highest BCUT2D eigenvalue weighted by Gasteiger charge is 2.07. The Labute approximate surface area is 65.6 Å². The number of amides is 1. The van der Waals surface area contributed by atoms with Crippen molar-refractivity contribution in [1.29, 1.82) is 0 Å². The van der Waals surface area contributed by atoms with Crippen LogP contribution in [0.25, 0.3) is 0 Å². The molecule has 1 rings (SSSR count). The first kappa shape index (κ1) is 7.85. The number of nitrogens with one attached hydrogen (secondary N) is 1. The topological polar surface area (TPSA) is 58.9 Å². The van der Waals surface area contributed by atoms with Crippen LogP contribution in [0, 0.1) is 6.92 Å². The summed E-state index contributed by atoms with van der Waals surface area (Å²) in [6, 6.07) is 1.80. The molecule has 0 spiro atoms. The maximum atomic E-state index is 10.8. The van der Waals surface area contributed by atoms with E-state index in [9.17, 15) is 4.79 Å². The minimum Gasteiger partial charge on any atom is -0.366 e. The molecule has 0 saturated carbocycles. The second kappa shape index (κ2) is 2.78. The van der Waals surface area contributed by atoms with E-state index in [4.69, 9.17) is 5.73 Å². The average Bonchev–Trinajstić information content (AvgIpc) is 2.30. The molecule has 0 fully saturated rings. The largest absolute Gasteiger partial charge is 0.366 e. The fourth-order valence-corrected chi connectivity index (χ4v) is 1.07. The monoisotopic (exact) mass is 152 g/mol. The van der Waals surface area contributed by atoms with E-state index in [1.165, 1.54) is 0 Å². The van der Waals surface area contributed by atoms with E-state index in [-0.39, 0.29) is 5.91 Å². The first-order valence-electron chi connectivity index (χ1n) is 3.63. The van der Waals surface area contributed by atoms with Crippen molar-refractivity contribution < 1.29 is 4.79 Å². The van der Waals surface area contributed by atoms with Crippen molar-refractivity contribution in [3.63, 3.8) is 0 Å². The molecule has 0 bridgehead atoms. The summed E-state index contributed by atoms with van der Waals surface area (Å²) in [5.74, 6) is -0.363. The molecule has 1 aromatic rings. The molecule has 1 heterocycles. The van der Waals surface area contributed by atoms with E-state index in [1.807, 2.05) is 13.8 Å². The lowest BCUT2D eigenvalue weighted by Gasteiger charge is -1.88. The maximum Gasteiger partial charge on any atom is 0.250 e. The normalized spacial score (nSPS) is 10.0. The van der Waals surface area contributed by atoms with Crippen LogP contribution in [0.2, 0.25) is 0 Å². The summed E-state index contributed by atoms with van der Waals surface area (Å²) < 4.78 is 0. The van der Waals surface area contributed by atoms with Crippen LogP contribution in [0.5, 0.6) is 0 Å². The lowest BCUT2D eigenvalue weighted by molar-refractivity contribution is 0.1000. The average molecular weight is 152 g/mol. The number of carbonyl (C=O) groups is 1. The zero-order chi connectivity index (χ0) is 8.43. The molecule has 0 aromatic carbocycles. The predicted octanol–water partition coefficient (Wildman–Crippen LogP) is 0.984. The highest BCUT2D eigenvalue weighted by Crippen LogP contribution is 2.09. The Morgan fingerprint density at radius 2 is 2.36 bits per heavy atom. The molecular weight excluding hydrogens is 140 g/mol. The zero-order valence-electron chi connectivity index (χ0n) is 6.77. The number of aryl methyl sites for hydroxylation is 2. The fourth-order valence-electron chi connectivity index (χ4n) is 1.07. The van der Waals surface area contributed by atoms with Crippen LogP contribution in [-0.2, 0) is 6.42 Å². The van der Waals surface area contributed by atoms with E-state index < -0.39 is 0 Å². The van der Waals surface area contributed by atoms with Crippen molar-refractivity contribution >= 4 is 5.91 Å². The summed E-state index contributed by atoms with van der Waals surface area (Å²) in [4.78, 5) is 13.8. The van der Waals surface area contributed by atoms with Gasteiger partial charge in [0.25, 0.3) is 5.91 Å². The molecule has 1 amide bonds. The number of aromatic amines is 1. The summed E-state index contributed by atoms with van der Waals surface area (Å²) >= 11 is 0. The van der Waals surface area contributed by atoms with Crippen LogP contribution in [-0.4, -0.2) is 10.9 Å². The van der Waals surface area contributed by atoms with E-state index in [1.54, 1.807) is 6.07 Å². The number of primary amides is 1. The van der Waals surface area contributed by atoms with Crippen molar-refractivity contribution in [3.8, 4) is 0 Å². The summed E-state index contributed by atoms with van der Waals surface area (Å²) in [7, 11) is 0. The number of nitrogens with two attached hydrogens (primary N) is 1. The molecule has 0 radical (unpaired) electrons. The van der Waals surface area contributed by atoms with Gasteiger partial charge in [-0.15, -0.1) is 0 Å². The van der Waals surface area contributed by atoms with Gasteiger partial charge in [0.05, 0.1) is 5.56 Å². The molecule has 3 heteroatoms. The Kier molecular flexibility index (Phi) is 1.98. The predicted molar refractivity (Wildman–Crippen MR) is 43.4 cm³/mol. The summed E-state index contributed by atoms with van der Waals surface area (Å²) in [5, 5.41) is 0. The second-order valence-electron chi connectivity index (χ2n) is 2.55. The van der Waals surface area contributed by atoms with Crippen molar-refractivity contribution in [3.05, 3.63) is 23.0 Å². The van der Waals surface area contributed by atoms with Gasteiger partial charge in [-0.25, -0.2) is 0 Å². The molecule has 1 aromatic heterocycles. The molecule has 0 unspecified atom stereocenters. The van der Waals surface area contributed by atoms with E-state index >= 15 is 0 Å². The van der Waals surface area contributed by atoms with E-state index in [0.717, 1.165) is 17.8 Å². The van der Waals surface area contributed by atoms with Gasteiger partial charge in [-0.1, -0.05) is 6.92 Å². The number of rotatable bonds is 2. The lowest BCUT2D eigenvalue weighted by Crippen LogP contribution is -2.10. The highest BCUT2D eigenvalue weighted by molar-refractivity contribution is 5.94. The molecule has 3 N–H and O–H groups in total. The second-order valence-corrected chi connectivity index (χ2v) is 2.55. The number of hydrogen-bond donors (Lipinski definition) is 2. The zero-order valence-corrected chi connectivity index (χ0v) is 6.77. The molecule has 11 heavy (non-hydrogen) atoms. The van der Waals surface area contributed by atoms with Gasteiger partial charge in [0.1, 0.15) is 0 Å². The molecule has 0 aliphatic heterocycles. The first-order valence-corrected chi connectivity index (χ1v) is 3.63. The van der Waals surface area contributed by atoms with Crippen molar-refractivity contribution in [2.75, 3.05) is 0 Å². The third-order valence-electron chi connectivity index (χ3n) is 1.72. The standard InChI is InChI=1S/C8H12N2O/c1-3-6-4-7(8(9)11)5(2)10-6/h4,10H,3H2,1-2H3,(H2,9,11). The van der Waals surface area contributed by atoms with Crippen LogP contribution in [0.3, 0.4) is 0 Å². The number of hydrogen-bond acceptors (Lipinski definition) is 1. The van der Waals surface area contributed by atoms with Gasteiger partial charge in [0.15, 0.2) is 0 Å². The van der Waals surface area contributed by atoms with Crippen LogP contribution in [0.1, 0.15) is 28.7 Å². The lowest BCUT2D eigenvalue weighted by atomic mass is 10.2. The number of H-pyrrole nitrogens is 1. The van der Waals surface area contributed by atoms with Gasteiger partial charge in [0.2, 0.25) is 0 Å². The highest BCUT2D eigenvalue weighted by atomic mass is 16.1. The Balaban J connectivity index is 3.07. The molecule has 3 nitrogen and oxygen atoms in total. The van der Waals surface area contributed by atoms with Gasteiger partial charge in [-0.05, 0) is 19.4 Å². The fraction of sp³-hybridized carbons (Fsp3) is 0.375. The minimum absolute atomic E-state index is 0.363. The van der Waals surface area contributed by atoms with E-state index in [2.05, 4.69) is 4.98 Å². The third kappa shape index (κ3) is 1.42. The number of carbonyl (C=O) groups excluding carboxylic acids is 1. The molecule has 0 aliphatic rings. The van der Waals surface area contributed by atoms with Crippen LogP contribution in [0.15, 0.2) is 6.07 Å². The van der Waals surface area contributed by atoms with Gasteiger partial charge >= 0.3 is 0 Å². The molecule has 0 aliphatic carbocycles. The quantitative estimate of drug-likeness (QED) is 0.652. The van der Waals surface area contributed by atoms with Gasteiger partial charge < -0.3 is 10.7 Å².